The van der Waals surface area contributed by atoms with Gasteiger partial charge in [-0.3, -0.25) is 10.1 Å². The number of anilines is 2. The van der Waals surface area contributed by atoms with Gasteiger partial charge in [0.05, 0.1) is 35.1 Å². The van der Waals surface area contributed by atoms with E-state index in [0.29, 0.717) is 23.7 Å². The lowest BCUT2D eigenvalue weighted by atomic mass is 10.2. The maximum atomic E-state index is 11.1. The highest BCUT2D eigenvalue weighted by atomic mass is 79.9. The number of aliphatic hydroxyl groups is 1. The topological polar surface area (TPSA) is 131 Å². The number of halogens is 1. The molecule has 1 heterocycles. The van der Waals surface area contributed by atoms with Crippen molar-refractivity contribution in [3.63, 3.8) is 0 Å². The summed E-state index contributed by atoms with van der Waals surface area (Å²) >= 11 is 3.47. The Morgan fingerprint density at radius 2 is 2.00 bits per heavy atom. The number of hydrogen-bond acceptors (Lipinski definition) is 8. The van der Waals surface area contributed by atoms with Crippen LogP contribution in [0.5, 0.6) is 0 Å². The van der Waals surface area contributed by atoms with Crippen molar-refractivity contribution in [2.75, 3.05) is 23.8 Å². The van der Waals surface area contributed by atoms with Crippen LogP contribution in [0.3, 0.4) is 0 Å². The first-order chi connectivity index (χ1) is 13.1. The molecule has 3 aromatic rings. The van der Waals surface area contributed by atoms with Crippen LogP contribution in [0.4, 0.5) is 17.1 Å². The molecule has 11 heteroatoms. The number of non-ortho nitro benzene ring substituents is 1. The molecule has 0 fully saturated rings. The Kier molecular flexibility index (Phi) is 5.94. The minimum Gasteiger partial charge on any atom is -0.395 e. The molecule has 0 bridgehead atoms. The summed E-state index contributed by atoms with van der Waals surface area (Å²) in [6.07, 6.45) is 0. The van der Waals surface area contributed by atoms with Crippen molar-refractivity contribution < 1.29 is 10.0 Å². The van der Waals surface area contributed by atoms with E-state index in [1.807, 2.05) is 24.3 Å². The SMILES string of the molecule is O=[N+]([O-])c1ccc(NCCO)c(NCc2nnnn2-c2ccccc2Br)c1. The zero-order valence-corrected chi connectivity index (χ0v) is 15.6. The highest BCUT2D eigenvalue weighted by Gasteiger charge is 2.14. The second kappa shape index (κ2) is 8.56. The van der Waals surface area contributed by atoms with Crippen LogP contribution in [0.2, 0.25) is 0 Å². The van der Waals surface area contributed by atoms with E-state index in [1.54, 1.807) is 10.7 Å². The van der Waals surface area contributed by atoms with Crippen molar-refractivity contribution >= 4 is 33.0 Å². The monoisotopic (exact) mass is 433 g/mol. The van der Waals surface area contributed by atoms with Gasteiger partial charge in [0.25, 0.3) is 5.69 Å². The van der Waals surface area contributed by atoms with Gasteiger partial charge < -0.3 is 15.7 Å². The fourth-order valence-corrected chi connectivity index (χ4v) is 2.89. The molecule has 0 atom stereocenters. The van der Waals surface area contributed by atoms with Crippen LogP contribution in [-0.4, -0.2) is 43.4 Å². The Morgan fingerprint density at radius 1 is 1.19 bits per heavy atom. The largest absolute Gasteiger partial charge is 0.395 e. The first-order valence-electron chi connectivity index (χ1n) is 7.99. The molecular formula is C16H16BrN7O3. The van der Waals surface area contributed by atoms with Crippen molar-refractivity contribution in [2.45, 2.75) is 6.54 Å². The average Bonchev–Trinajstić information content (AvgIpc) is 3.13. The Hall–Kier alpha value is -3.05. The standard InChI is InChI=1S/C16H16BrN7O3/c17-12-3-1-2-4-15(12)23-16(20-21-22-23)10-19-14-9-11(24(26)27)5-6-13(14)18-7-8-25/h1-6,9,18-19,25H,7-8,10H2. The van der Waals surface area contributed by atoms with E-state index in [0.717, 1.165) is 10.2 Å². The molecular weight excluding hydrogens is 418 g/mol. The van der Waals surface area contributed by atoms with Crippen LogP contribution in [0.15, 0.2) is 46.9 Å². The number of nitrogens with one attached hydrogen (secondary N) is 2. The maximum Gasteiger partial charge on any atom is 0.271 e. The normalized spacial score (nSPS) is 10.6. The van der Waals surface area contributed by atoms with Gasteiger partial charge in [0, 0.05) is 23.2 Å². The number of hydrogen-bond donors (Lipinski definition) is 3. The summed E-state index contributed by atoms with van der Waals surface area (Å²) in [5.74, 6) is 0.529. The van der Waals surface area contributed by atoms with Crippen LogP contribution in [0.1, 0.15) is 5.82 Å². The van der Waals surface area contributed by atoms with E-state index in [-0.39, 0.29) is 18.8 Å². The van der Waals surface area contributed by atoms with E-state index in [2.05, 4.69) is 42.1 Å². The smallest absolute Gasteiger partial charge is 0.271 e. The number of rotatable bonds is 8. The summed E-state index contributed by atoms with van der Waals surface area (Å²) in [4.78, 5) is 10.6. The molecule has 0 aliphatic heterocycles. The molecule has 0 saturated heterocycles. The first-order valence-corrected chi connectivity index (χ1v) is 8.78. The molecule has 140 valence electrons. The van der Waals surface area contributed by atoms with Crippen LogP contribution >= 0.6 is 15.9 Å². The predicted molar refractivity (Wildman–Crippen MR) is 103 cm³/mol. The second-order valence-electron chi connectivity index (χ2n) is 5.45. The van der Waals surface area contributed by atoms with Gasteiger partial charge in [-0.05, 0) is 44.6 Å². The van der Waals surface area contributed by atoms with Gasteiger partial charge in [0.2, 0.25) is 0 Å². The van der Waals surface area contributed by atoms with Crippen LogP contribution in [0, 0.1) is 10.1 Å². The third-order valence-corrected chi connectivity index (χ3v) is 4.36. The van der Waals surface area contributed by atoms with Crippen LogP contribution in [0.25, 0.3) is 5.69 Å². The fourth-order valence-electron chi connectivity index (χ4n) is 2.44. The molecule has 0 aliphatic carbocycles. The molecule has 0 radical (unpaired) electrons. The molecule has 0 aliphatic rings. The number of para-hydroxylation sites is 1. The number of aromatic nitrogens is 4. The number of nitro groups is 1. The highest BCUT2D eigenvalue weighted by Crippen LogP contribution is 2.28. The van der Waals surface area contributed by atoms with Gasteiger partial charge >= 0.3 is 0 Å². The Morgan fingerprint density at radius 3 is 2.74 bits per heavy atom. The lowest BCUT2D eigenvalue weighted by molar-refractivity contribution is -0.384. The van der Waals surface area contributed by atoms with E-state index < -0.39 is 4.92 Å². The molecule has 27 heavy (non-hydrogen) atoms. The van der Waals surface area contributed by atoms with Crippen molar-refractivity contribution in [2.24, 2.45) is 0 Å². The molecule has 0 amide bonds. The number of tetrazole rings is 1. The molecule has 3 N–H and O–H groups in total. The predicted octanol–water partition coefficient (Wildman–Crippen LogP) is 2.35. The summed E-state index contributed by atoms with van der Waals surface area (Å²) in [7, 11) is 0. The van der Waals surface area contributed by atoms with E-state index in [4.69, 9.17) is 5.11 Å². The summed E-state index contributed by atoms with van der Waals surface area (Å²) < 4.78 is 2.41. The highest BCUT2D eigenvalue weighted by molar-refractivity contribution is 9.10. The summed E-state index contributed by atoms with van der Waals surface area (Å²) in [5.41, 5.74) is 1.88. The van der Waals surface area contributed by atoms with Crippen LogP contribution < -0.4 is 10.6 Å². The lowest BCUT2D eigenvalue weighted by Gasteiger charge is -2.13. The van der Waals surface area contributed by atoms with Crippen LogP contribution in [-0.2, 0) is 6.54 Å². The number of benzene rings is 2. The fraction of sp³-hybridized carbons (Fsp3) is 0.188. The Labute approximate surface area is 162 Å². The van der Waals surface area contributed by atoms with Gasteiger partial charge in [-0.25, -0.2) is 0 Å². The second-order valence-corrected chi connectivity index (χ2v) is 6.30. The quantitative estimate of drug-likeness (QED) is 0.364. The molecule has 2 aromatic carbocycles. The van der Waals surface area contributed by atoms with Gasteiger partial charge in [-0.1, -0.05) is 12.1 Å². The van der Waals surface area contributed by atoms with E-state index in [1.165, 1.54) is 12.1 Å². The minimum absolute atomic E-state index is 0.0440. The van der Waals surface area contributed by atoms with Crippen molar-refractivity contribution in [1.82, 2.24) is 20.2 Å². The summed E-state index contributed by atoms with van der Waals surface area (Å²) in [6.45, 7) is 0.501. The summed E-state index contributed by atoms with van der Waals surface area (Å²) in [6, 6.07) is 11.9. The molecule has 1 aromatic heterocycles. The van der Waals surface area contributed by atoms with E-state index >= 15 is 0 Å². The first kappa shape index (κ1) is 18.7. The van der Waals surface area contributed by atoms with Crippen molar-refractivity contribution in [1.29, 1.82) is 0 Å². The van der Waals surface area contributed by atoms with Crippen molar-refractivity contribution in [3.8, 4) is 5.69 Å². The minimum atomic E-state index is -0.466. The molecule has 0 spiro atoms. The lowest BCUT2D eigenvalue weighted by Crippen LogP contribution is -2.12. The third kappa shape index (κ3) is 4.38. The number of nitro benzene ring substituents is 1. The average molecular weight is 434 g/mol. The van der Waals surface area contributed by atoms with Gasteiger partial charge in [0.1, 0.15) is 0 Å². The number of aliphatic hydroxyl groups excluding tert-OH is 1. The molecule has 0 saturated carbocycles. The Balaban J connectivity index is 1.85. The third-order valence-electron chi connectivity index (χ3n) is 3.69. The van der Waals surface area contributed by atoms with Gasteiger partial charge in [-0.2, -0.15) is 4.68 Å². The zero-order chi connectivity index (χ0) is 19.2. The van der Waals surface area contributed by atoms with Gasteiger partial charge in [-0.15, -0.1) is 5.10 Å². The molecule has 10 nitrogen and oxygen atoms in total. The summed E-state index contributed by atoms with van der Waals surface area (Å²) in [5, 5.41) is 37.9. The van der Waals surface area contributed by atoms with Gasteiger partial charge in [0.15, 0.2) is 5.82 Å². The number of nitrogens with zero attached hydrogens (tertiary/aromatic N) is 5. The van der Waals surface area contributed by atoms with Crippen molar-refractivity contribution in [3.05, 3.63) is 62.9 Å². The van der Waals surface area contributed by atoms with E-state index in [9.17, 15) is 10.1 Å². The maximum absolute atomic E-state index is 11.1. The molecule has 3 rings (SSSR count). The molecule has 0 unspecified atom stereocenters. The zero-order valence-electron chi connectivity index (χ0n) is 14.0. The Bertz CT molecular complexity index is 947.